The Morgan fingerprint density at radius 2 is 1.93 bits per heavy atom. The van der Waals surface area contributed by atoms with E-state index in [2.05, 4.69) is 15.1 Å². The zero-order valence-electron chi connectivity index (χ0n) is 16.4. The molecule has 2 N–H and O–H groups in total. The highest BCUT2D eigenvalue weighted by Crippen LogP contribution is 2.25. The summed E-state index contributed by atoms with van der Waals surface area (Å²) in [6.07, 6.45) is 1.98. The van der Waals surface area contributed by atoms with E-state index in [4.69, 9.17) is 4.74 Å². The molecule has 2 aliphatic rings. The third kappa shape index (κ3) is 4.83. The summed E-state index contributed by atoms with van der Waals surface area (Å²) in [6, 6.07) is 7.71. The minimum atomic E-state index is -0.778. The number of β-amino-alcohol motifs (C(OH)–C–C–N with tert-alkyl or cyclic N) is 1. The lowest BCUT2D eigenvalue weighted by atomic mass is 9.94. The zero-order chi connectivity index (χ0) is 20.3. The van der Waals surface area contributed by atoms with Gasteiger partial charge in [-0.1, -0.05) is 0 Å². The third-order valence-corrected chi connectivity index (χ3v) is 5.77. The lowest BCUT2D eigenvalue weighted by molar-refractivity contribution is -0.0389. The molecule has 1 aromatic heterocycles. The van der Waals surface area contributed by atoms with E-state index in [1.807, 2.05) is 0 Å². The number of ether oxygens (including phenoxy) is 1. The first-order valence-corrected chi connectivity index (χ1v) is 10.2. The Morgan fingerprint density at radius 3 is 2.69 bits per heavy atom. The first kappa shape index (κ1) is 20.0. The number of morpholine rings is 1. The Morgan fingerprint density at radius 1 is 1.17 bits per heavy atom. The second kappa shape index (κ2) is 8.61. The molecule has 156 valence electrons. The van der Waals surface area contributed by atoms with Gasteiger partial charge in [0, 0.05) is 38.3 Å². The van der Waals surface area contributed by atoms with Crippen LogP contribution in [0.5, 0.6) is 0 Å². The number of likely N-dealkylation sites (tertiary alicyclic amines) is 1. The molecule has 0 saturated carbocycles. The van der Waals surface area contributed by atoms with E-state index in [0.717, 1.165) is 25.1 Å². The monoisotopic (exact) mass is 402 g/mol. The van der Waals surface area contributed by atoms with Crippen molar-refractivity contribution in [1.29, 1.82) is 0 Å². The van der Waals surface area contributed by atoms with Gasteiger partial charge in [0.15, 0.2) is 0 Å². The second-order valence-electron chi connectivity index (χ2n) is 7.93. The Kier molecular flexibility index (Phi) is 5.94. The topological polar surface area (TPSA) is 81.7 Å². The molecule has 29 heavy (non-hydrogen) atoms. The van der Waals surface area contributed by atoms with Crippen LogP contribution in [0.15, 0.2) is 30.3 Å². The quantitative estimate of drug-likeness (QED) is 0.817. The number of carbonyl (C=O) groups excluding carboxylic acids is 1. The van der Waals surface area contributed by atoms with Crippen molar-refractivity contribution >= 4 is 5.91 Å². The molecule has 3 heterocycles. The standard InChI is InChI=1S/C21H27FN4O3/c22-17-4-2-16(3-5-17)18-14-19(24-23-18)20(27)26-8-1-6-21(28,7-9-26)15-25-10-12-29-13-11-25/h2-5,14,28H,1,6-13,15H2,(H,23,24)/t21-/m1/s1. The summed E-state index contributed by atoms with van der Waals surface area (Å²) in [5, 5.41) is 18.1. The molecule has 7 nitrogen and oxygen atoms in total. The maximum absolute atomic E-state index is 13.1. The number of H-pyrrole nitrogens is 1. The van der Waals surface area contributed by atoms with Crippen LogP contribution in [-0.2, 0) is 4.74 Å². The van der Waals surface area contributed by atoms with E-state index in [1.165, 1.54) is 12.1 Å². The van der Waals surface area contributed by atoms with Crippen molar-refractivity contribution < 1.29 is 19.0 Å². The van der Waals surface area contributed by atoms with Gasteiger partial charge in [0.2, 0.25) is 0 Å². The highest BCUT2D eigenvalue weighted by atomic mass is 19.1. The number of carbonyl (C=O) groups is 1. The van der Waals surface area contributed by atoms with Crippen LogP contribution in [0.1, 0.15) is 29.8 Å². The Bertz CT molecular complexity index is 835. The van der Waals surface area contributed by atoms with Crippen LogP contribution in [0.3, 0.4) is 0 Å². The number of hydrogen-bond acceptors (Lipinski definition) is 5. The molecule has 2 aliphatic heterocycles. The second-order valence-corrected chi connectivity index (χ2v) is 7.93. The van der Waals surface area contributed by atoms with Gasteiger partial charge in [-0.05, 0) is 49.6 Å². The fourth-order valence-corrected chi connectivity index (χ4v) is 4.09. The van der Waals surface area contributed by atoms with Crippen molar-refractivity contribution in [3.63, 3.8) is 0 Å². The predicted octanol–water partition coefficient (Wildman–Crippen LogP) is 1.91. The van der Waals surface area contributed by atoms with E-state index in [0.29, 0.717) is 57.1 Å². The molecule has 2 saturated heterocycles. The van der Waals surface area contributed by atoms with E-state index in [-0.39, 0.29) is 11.7 Å². The van der Waals surface area contributed by atoms with Crippen molar-refractivity contribution in [2.24, 2.45) is 0 Å². The largest absolute Gasteiger partial charge is 0.388 e. The number of nitrogens with zero attached hydrogens (tertiary/aromatic N) is 3. The molecule has 0 spiro atoms. The summed E-state index contributed by atoms with van der Waals surface area (Å²) in [6.45, 7) is 4.82. The lowest BCUT2D eigenvalue weighted by Crippen LogP contribution is -2.48. The van der Waals surface area contributed by atoms with Crippen molar-refractivity contribution in [1.82, 2.24) is 20.0 Å². The summed E-state index contributed by atoms with van der Waals surface area (Å²) < 4.78 is 18.5. The fourth-order valence-electron chi connectivity index (χ4n) is 4.09. The predicted molar refractivity (Wildman–Crippen MR) is 106 cm³/mol. The number of rotatable bonds is 4. The lowest BCUT2D eigenvalue weighted by Gasteiger charge is -2.35. The van der Waals surface area contributed by atoms with Crippen LogP contribution in [-0.4, -0.2) is 82.5 Å². The van der Waals surface area contributed by atoms with Crippen LogP contribution in [0.2, 0.25) is 0 Å². The number of halogens is 1. The van der Waals surface area contributed by atoms with Crippen LogP contribution in [0.4, 0.5) is 4.39 Å². The number of benzene rings is 1. The number of aromatic nitrogens is 2. The summed E-state index contributed by atoms with van der Waals surface area (Å²) in [5.41, 5.74) is 0.979. The minimum absolute atomic E-state index is 0.124. The van der Waals surface area contributed by atoms with Gasteiger partial charge in [-0.15, -0.1) is 0 Å². The Balaban J connectivity index is 1.39. The highest BCUT2D eigenvalue weighted by molar-refractivity contribution is 5.93. The first-order chi connectivity index (χ1) is 14.0. The number of aliphatic hydroxyl groups is 1. The van der Waals surface area contributed by atoms with Crippen LogP contribution >= 0.6 is 0 Å². The number of amides is 1. The molecular formula is C21H27FN4O3. The van der Waals surface area contributed by atoms with Gasteiger partial charge in [0.25, 0.3) is 5.91 Å². The smallest absolute Gasteiger partial charge is 0.271 e. The van der Waals surface area contributed by atoms with Gasteiger partial charge in [0.1, 0.15) is 11.5 Å². The molecule has 0 bridgehead atoms. The average Bonchev–Trinajstić information content (AvgIpc) is 3.13. The molecule has 2 fully saturated rings. The summed E-state index contributed by atoms with van der Waals surface area (Å²) in [7, 11) is 0. The minimum Gasteiger partial charge on any atom is -0.388 e. The zero-order valence-corrected chi connectivity index (χ0v) is 16.4. The normalized spacial score (nSPS) is 23.7. The van der Waals surface area contributed by atoms with E-state index in [9.17, 15) is 14.3 Å². The maximum atomic E-state index is 13.1. The summed E-state index contributed by atoms with van der Waals surface area (Å²) in [5.74, 6) is -0.434. The molecule has 0 unspecified atom stereocenters. The van der Waals surface area contributed by atoms with E-state index >= 15 is 0 Å². The average molecular weight is 402 g/mol. The Labute approximate surface area is 169 Å². The number of hydrogen-bond donors (Lipinski definition) is 2. The molecule has 0 aliphatic carbocycles. The summed E-state index contributed by atoms with van der Waals surface area (Å²) in [4.78, 5) is 17.0. The van der Waals surface area contributed by atoms with Crippen LogP contribution < -0.4 is 0 Å². The number of nitrogens with one attached hydrogen (secondary N) is 1. The summed E-state index contributed by atoms with van der Waals surface area (Å²) >= 11 is 0. The van der Waals surface area contributed by atoms with Crippen molar-refractivity contribution in [2.75, 3.05) is 45.9 Å². The van der Waals surface area contributed by atoms with Crippen LogP contribution in [0, 0.1) is 5.82 Å². The van der Waals surface area contributed by atoms with Gasteiger partial charge in [-0.2, -0.15) is 5.10 Å². The molecule has 2 aromatic rings. The van der Waals surface area contributed by atoms with Crippen molar-refractivity contribution in [2.45, 2.75) is 24.9 Å². The third-order valence-electron chi connectivity index (χ3n) is 5.77. The van der Waals surface area contributed by atoms with Gasteiger partial charge >= 0.3 is 0 Å². The van der Waals surface area contributed by atoms with Gasteiger partial charge in [0.05, 0.1) is 24.5 Å². The molecule has 1 amide bonds. The highest BCUT2D eigenvalue weighted by Gasteiger charge is 2.34. The van der Waals surface area contributed by atoms with Crippen molar-refractivity contribution in [3.8, 4) is 11.3 Å². The van der Waals surface area contributed by atoms with Crippen LogP contribution in [0.25, 0.3) is 11.3 Å². The molecule has 1 atom stereocenters. The molecular weight excluding hydrogens is 375 g/mol. The Hall–Kier alpha value is -2.29. The molecule has 1 aromatic carbocycles. The van der Waals surface area contributed by atoms with E-state index in [1.54, 1.807) is 23.1 Å². The molecule has 0 radical (unpaired) electrons. The van der Waals surface area contributed by atoms with Gasteiger partial charge in [-0.3, -0.25) is 14.8 Å². The molecule has 8 heteroatoms. The number of aromatic amines is 1. The fraction of sp³-hybridized carbons (Fsp3) is 0.524. The van der Waals surface area contributed by atoms with Crippen molar-refractivity contribution in [3.05, 3.63) is 41.8 Å². The SMILES string of the molecule is O=C(c1cc(-c2ccc(F)cc2)n[nH]1)N1CCC[C@](O)(CN2CCOCC2)CC1. The molecule has 4 rings (SSSR count). The first-order valence-electron chi connectivity index (χ1n) is 10.2. The van der Waals surface area contributed by atoms with Gasteiger partial charge < -0.3 is 14.7 Å². The van der Waals surface area contributed by atoms with Gasteiger partial charge in [-0.25, -0.2) is 4.39 Å². The van der Waals surface area contributed by atoms with E-state index < -0.39 is 5.60 Å². The maximum Gasteiger partial charge on any atom is 0.271 e.